The summed E-state index contributed by atoms with van der Waals surface area (Å²) < 4.78 is 22.8. The Bertz CT molecular complexity index is 416. The number of amides is 1. The summed E-state index contributed by atoms with van der Waals surface area (Å²) >= 11 is 0. The smallest absolute Gasteiger partial charge is 0.221 e. The molecule has 1 aliphatic heterocycles. The standard InChI is InChI=1S/C11H20N2O3S/c1-11(2)6-9(11)13-10(14)5-8-7-17(15,16)4-3-12-8/h8-9,12H,3-7H2,1-2H3,(H,13,14). The molecule has 1 saturated heterocycles. The van der Waals surface area contributed by atoms with Crippen molar-refractivity contribution in [1.82, 2.24) is 10.6 Å². The quantitative estimate of drug-likeness (QED) is 0.729. The van der Waals surface area contributed by atoms with E-state index >= 15 is 0 Å². The van der Waals surface area contributed by atoms with E-state index in [1.54, 1.807) is 0 Å². The van der Waals surface area contributed by atoms with Crippen molar-refractivity contribution in [1.29, 1.82) is 0 Å². The van der Waals surface area contributed by atoms with Gasteiger partial charge in [0.05, 0.1) is 11.5 Å². The largest absolute Gasteiger partial charge is 0.353 e. The highest BCUT2D eigenvalue weighted by molar-refractivity contribution is 7.91. The minimum atomic E-state index is -2.96. The average Bonchev–Trinajstić information content (AvgIpc) is 2.70. The molecule has 1 saturated carbocycles. The molecule has 2 atom stereocenters. The van der Waals surface area contributed by atoms with Crippen molar-refractivity contribution in [3.8, 4) is 0 Å². The first-order valence-electron chi connectivity index (χ1n) is 6.02. The highest BCUT2D eigenvalue weighted by Gasteiger charge is 2.46. The van der Waals surface area contributed by atoms with Gasteiger partial charge in [-0.05, 0) is 11.8 Å². The van der Waals surface area contributed by atoms with Crippen molar-refractivity contribution in [2.75, 3.05) is 18.1 Å². The second-order valence-corrected chi connectivity index (χ2v) is 8.01. The molecule has 1 aliphatic carbocycles. The van der Waals surface area contributed by atoms with Gasteiger partial charge in [-0.25, -0.2) is 8.42 Å². The maximum absolute atomic E-state index is 11.7. The number of carbonyl (C=O) groups is 1. The summed E-state index contributed by atoms with van der Waals surface area (Å²) in [5.41, 5.74) is 0.210. The van der Waals surface area contributed by atoms with E-state index in [2.05, 4.69) is 24.5 Å². The van der Waals surface area contributed by atoms with Gasteiger partial charge in [-0.15, -0.1) is 0 Å². The molecule has 1 heterocycles. The van der Waals surface area contributed by atoms with E-state index in [9.17, 15) is 13.2 Å². The van der Waals surface area contributed by atoms with E-state index in [4.69, 9.17) is 0 Å². The second kappa shape index (κ2) is 4.24. The lowest BCUT2D eigenvalue weighted by atomic mass is 10.2. The van der Waals surface area contributed by atoms with Gasteiger partial charge >= 0.3 is 0 Å². The zero-order valence-electron chi connectivity index (χ0n) is 10.3. The van der Waals surface area contributed by atoms with E-state index in [0.29, 0.717) is 6.54 Å². The van der Waals surface area contributed by atoms with Gasteiger partial charge in [-0.3, -0.25) is 4.79 Å². The number of hydrogen-bond donors (Lipinski definition) is 2. The molecule has 0 aromatic carbocycles. The van der Waals surface area contributed by atoms with Crippen molar-refractivity contribution < 1.29 is 13.2 Å². The molecule has 0 aromatic rings. The highest BCUT2D eigenvalue weighted by atomic mass is 32.2. The average molecular weight is 260 g/mol. The molecule has 0 spiro atoms. The van der Waals surface area contributed by atoms with Crippen molar-refractivity contribution >= 4 is 15.7 Å². The van der Waals surface area contributed by atoms with Crippen LogP contribution in [0.15, 0.2) is 0 Å². The third-order valence-corrected chi connectivity index (χ3v) is 5.32. The van der Waals surface area contributed by atoms with Crippen LogP contribution in [0.3, 0.4) is 0 Å². The molecule has 6 heteroatoms. The van der Waals surface area contributed by atoms with Gasteiger partial charge in [0.2, 0.25) is 5.91 Å². The normalized spacial score (nSPS) is 34.0. The Balaban J connectivity index is 1.79. The van der Waals surface area contributed by atoms with E-state index in [1.165, 1.54) is 0 Å². The van der Waals surface area contributed by atoms with E-state index in [-0.39, 0.29) is 41.3 Å². The summed E-state index contributed by atoms with van der Waals surface area (Å²) in [6.07, 6.45) is 1.26. The number of carbonyl (C=O) groups excluding carboxylic acids is 1. The topological polar surface area (TPSA) is 75.3 Å². The molecular weight excluding hydrogens is 240 g/mol. The summed E-state index contributed by atoms with van der Waals surface area (Å²) in [7, 11) is -2.96. The third kappa shape index (κ3) is 3.42. The molecular formula is C11H20N2O3S. The van der Waals surface area contributed by atoms with Gasteiger partial charge in [-0.2, -0.15) is 0 Å². The number of rotatable bonds is 3. The van der Waals surface area contributed by atoms with Crippen molar-refractivity contribution in [3.63, 3.8) is 0 Å². The van der Waals surface area contributed by atoms with Crippen LogP contribution in [0.2, 0.25) is 0 Å². The fourth-order valence-electron chi connectivity index (χ4n) is 2.19. The number of hydrogen-bond acceptors (Lipinski definition) is 4. The van der Waals surface area contributed by atoms with Crippen molar-refractivity contribution in [2.24, 2.45) is 5.41 Å². The SMILES string of the molecule is CC1(C)CC1NC(=O)CC1CS(=O)(=O)CCN1. The molecule has 2 rings (SSSR count). The first-order valence-corrected chi connectivity index (χ1v) is 7.84. The molecule has 17 heavy (non-hydrogen) atoms. The molecule has 1 amide bonds. The molecule has 0 radical (unpaired) electrons. The Morgan fingerprint density at radius 3 is 2.65 bits per heavy atom. The summed E-state index contributed by atoms with van der Waals surface area (Å²) in [6.45, 7) is 4.68. The first kappa shape index (κ1) is 12.8. The molecule has 2 N–H and O–H groups in total. The summed E-state index contributed by atoms with van der Waals surface area (Å²) in [6, 6.07) is 0.0332. The molecule has 2 fully saturated rings. The van der Waals surface area contributed by atoms with Crippen LogP contribution in [0.25, 0.3) is 0 Å². The van der Waals surface area contributed by atoms with Gasteiger partial charge in [0.1, 0.15) is 0 Å². The maximum atomic E-state index is 11.7. The van der Waals surface area contributed by atoms with Crippen LogP contribution in [-0.2, 0) is 14.6 Å². The monoisotopic (exact) mass is 260 g/mol. The van der Waals surface area contributed by atoms with Gasteiger partial charge < -0.3 is 10.6 Å². The van der Waals surface area contributed by atoms with Crippen LogP contribution in [0.4, 0.5) is 0 Å². The van der Waals surface area contributed by atoms with Gasteiger partial charge in [0.25, 0.3) is 0 Å². The molecule has 0 bridgehead atoms. The summed E-state index contributed by atoms with van der Waals surface area (Å²) in [5, 5.41) is 6.03. The van der Waals surface area contributed by atoms with Gasteiger partial charge in [0, 0.05) is 25.0 Å². The van der Waals surface area contributed by atoms with Crippen LogP contribution in [0.1, 0.15) is 26.7 Å². The minimum absolute atomic E-state index is 0.0461. The van der Waals surface area contributed by atoms with Crippen LogP contribution in [0, 0.1) is 5.41 Å². The predicted molar refractivity (Wildman–Crippen MR) is 65.4 cm³/mol. The minimum Gasteiger partial charge on any atom is -0.353 e. The fourth-order valence-corrected chi connectivity index (χ4v) is 3.63. The Morgan fingerprint density at radius 2 is 2.12 bits per heavy atom. The van der Waals surface area contributed by atoms with Gasteiger partial charge in [0.15, 0.2) is 9.84 Å². The zero-order valence-corrected chi connectivity index (χ0v) is 11.1. The number of sulfone groups is 1. The van der Waals surface area contributed by atoms with Crippen molar-refractivity contribution in [3.05, 3.63) is 0 Å². The summed E-state index contributed by atoms with van der Waals surface area (Å²) in [4.78, 5) is 11.7. The zero-order chi connectivity index (χ0) is 12.7. The van der Waals surface area contributed by atoms with Gasteiger partial charge in [-0.1, -0.05) is 13.8 Å². The van der Waals surface area contributed by atoms with Crippen LogP contribution < -0.4 is 10.6 Å². The van der Waals surface area contributed by atoms with Crippen LogP contribution >= 0.6 is 0 Å². The Labute approximate surface area is 102 Å². The Hall–Kier alpha value is -0.620. The third-order valence-electron chi connectivity index (χ3n) is 3.58. The van der Waals surface area contributed by atoms with Crippen molar-refractivity contribution in [2.45, 2.75) is 38.8 Å². The molecule has 5 nitrogen and oxygen atoms in total. The number of nitrogens with one attached hydrogen (secondary N) is 2. The lowest BCUT2D eigenvalue weighted by Crippen LogP contribution is -2.47. The fraction of sp³-hybridized carbons (Fsp3) is 0.909. The van der Waals surface area contributed by atoms with Crippen LogP contribution in [0.5, 0.6) is 0 Å². The Kier molecular flexibility index (Phi) is 3.20. The molecule has 2 unspecified atom stereocenters. The second-order valence-electron chi connectivity index (χ2n) is 5.78. The summed E-state index contributed by atoms with van der Waals surface area (Å²) in [5.74, 6) is 0.213. The molecule has 2 aliphatic rings. The van der Waals surface area contributed by atoms with E-state index in [1.807, 2.05) is 0 Å². The first-order chi connectivity index (χ1) is 7.78. The molecule has 0 aromatic heterocycles. The molecule has 98 valence electrons. The Morgan fingerprint density at radius 1 is 1.47 bits per heavy atom. The lowest BCUT2D eigenvalue weighted by molar-refractivity contribution is -0.121. The lowest BCUT2D eigenvalue weighted by Gasteiger charge is -2.23. The van der Waals surface area contributed by atoms with E-state index < -0.39 is 9.84 Å². The highest BCUT2D eigenvalue weighted by Crippen LogP contribution is 2.44. The van der Waals surface area contributed by atoms with E-state index in [0.717, 1.165) is 6.42 Å². The predicted octanol–water partition coefficient (Wildman–Crippen LogP) is -0.322. The maximum Gasteiger partial charge on any atom is 0.221 e. The van der Waals surface area contributed by atoms with Crippen LogP contribution in [-0.4, -0.2) is 44.5 Å².